The summed E-state index contributed by atoms with van der Waals surface area (Å²) in [5.41, 5.74) is 2.81. The number of rotatable bonds is 3. The molecule has 0 unspecified atom stereocenters. The maximum absolute atomic E-state index is 13.2. The molecule has 2 amide bonds. The Bertz CT molecular complexity index is 934. The summed E-state index contributed by atoms with van der Waals surface area (Å²) in [6.07, 6.45) is 1.65. The van der Waals surface area contributed by atoms with Gasteiger partial charge in [0.25, 0.3) is 0 Å². The smallest absolute Gasteiger partial charge is 0.323 e. The molecule has 26 heavy (non-hydrogen) atoms. The minimum atomic E-state index is -0.426. The minimum Gasteiger partial charge on any atom is -0.462 e. The SMILES string of the molecule is O=C(Nc1cccc(F)c1)Nc1cc(N2CCNCC2)c2occc2c1. The van der Waals surface area contributed by atoms with Gasteiger partial charge in [-0.15, -0.1) is 0 Å². The number of furan rings is 1. The second-order valence-corrected chi connectivity index (χ2v) is 6.16. The molecule has 1 fully saturated rings. The first kappa shape index (κ1) is 16.4. The van der Waals surface area contributed by atoms with E-state index in [-0.39, 0.29) is 0 Å². The summed E-state index contributed by atoms with van der Waals surface area (Å²) in [4.78, 5) is 14.5. The molecule has 2 heterocycles. The van der Waals surface area contributed by atoms with Gasteiger partial charge in [0.15, 0.2) is 5.58 Å². The molecule has 3 N–H and O–H groups in total. The topological polar surface area (TPSA) is 69.5 Å². The third-order valence-electron chi connectivity index (χ3n) is 4.33. The summed E-state index contributed by atoms with van der Waals surface area (Å²) in [7, 11) is 0. The Labute approximate surface area is 150 Å². The summed E-state index contributed by atoms with van der Waals surface area (Å²) in [6, 6.07) is 11.0. The van der Waals surface area contributed by atoms with Gasteiger partial charge in [0, 0.05) is 42.9 Å². The number of anilines is 3. The van der Waals surface area contributed by atoms with Crippen molar-refractivity contribution < 1.29 is 13.6 Å². The molecule has 1 saturated heterocycles. The van der Waals surface area contributed by atoms with Gasteiger partial charge in [-0.25, -0.2) is 9.18 Å². The highest BCUT2D eigenvalue weighted by Gasteiger charge is 2.17. The number of benzene rings is 2. The van der Waals surface area contributed by atoms with Crippen molar-refractivity contribution in [2.24, 2.45) is 0 Å². The average molecular weight is 354 g/mol. The molecule has 0 spiro atoms. The molecule has 6 nitrogen and oxygen atoms in total. The number of piperazine rings is 1. The number of carbonyl (C=O) groups is 1. The summed E-state index contributed by atoms with van der Waals surface area (Å²) >= 11 is 0. The van der Waals surface area contributed by atoms with Crippen molar-refractivity contribution in [3.8, 4) is 0 Å². The number of amides is 2. The summed E-state index contributed by atoms with van der Waals surface area (Å²) in [5, 5.41) is 9.69. The Morgan fingerprint density at radius 2 is 1.88 bits per heavy atom. The Morgan fingerprint density at radius 3 is 2.69 bits per heavy atom. The molecule has 4 rings (SSSR count). The first-order valence-electron chi connectivity index (χ1n) is 8.49. The van der Waals surface area contributed by atoms with E-state index in [4.69, 9.17) is 4.42 Å². The van der Waals surface area contributed by atoms with E-state index in [2.05, 4.69) is 20.9 Å². The fourth-order valence-corrected chi connectivity index (χ4v) is 3.14. The number of hydrogen-bond donors (Lipinski definition) is 3. The molecule has 2 aromatic carbocycles. The molecule has 0 radical (unpaired) electrons. The van der Waals surface area contributed by atoms with Crippen LogP contribution in [0.2, 0.25) is 0 Å². The molecule has 1 aromatic heterocycles. The standard InChI is InChI=1S/C19H19FN4O2/c20-14-2-1-3-15(11-14)22-19(25)23-16-10-13-4-9-26-18(13)17(12-16)24-7-5-21-6-8-24/h1-4,9-12,21H,5-8H2,(H2,22,23,25). The molecule has 3 aromatic rings. The molecule has 1 aliphatic heterocycles. The summed E-state index contributed by atoms with van der Waals surface area (Å²) in [5.74, 6) is -0.399. The highest BCUT2D eigenvalue weighted by atomic mass is 19.1. The van der Waals surface area contributed by atoms with E-state index in [0.29, 0.717) is 11.4 Å². The normalized spacial score (nSPS) is 14.4. The number of fused-ring (bicyclic) bond motifs is 1. The van der Waals surface area contributed by atoms with Crippen LogP contribution in [0, 0.1) is 5.82 Å². The quantitative estimate of drug-likeness (QED) is 0.672. The van der Waals surface area contributed by atoms with Crippen LogP contribution in [0.1, 0.15) is 0 Å². The van der Waals surface area contributed by atoms with E-state index in [1.54, 1.807) is 18.4 Å². The van der Waals surface area contributed by atoms with Crippen LogP contribution < -0.4 is 20.9 Å². The fraction of sp³-hybridized carbons (Fsp3) is 0.211. The Balaban J connectivity index is 1.57. The molecule has 0 saturated carbocycles. The zero-order valence-corrected chi connectivity index (χ0v) is 14.1. The van der Waals surface area contributed by atoms with E-state index in [0.717, 1.165) is 42.8 Å². The number of carbonyl (C=O) groups excluding carboxylic acids is 1. The van der Waals surface area contributed by atoms with Crippen molar-refractivity contribution in [2.75, 3.05) is 41.7 Å². The van der Waals surface area contributed by atoms with Crippen LogP contribution in [-0.2, 0) is 0 Å². The van der Waals surface area contributed by atoms with E-state index in [1.807, 2.05) is 18.2 Å². The van der Waals surface area contributed by atoms with Crippen LogP contribution in [0.5, 0.6) is 0 Å². The van der Waals surface area contributed by atoms with Crippen molar-refractivity contribution in [1.29, 1.82) is 0 Å². The van der Waals surface area contributed by atoms with Gasteiger partial charge in [0.2, 0.25) is 0 Å². The number of nitrogens with zero attached hydrogens (tertiary/aromatic N) is 1. The van der Waals surface area contributed by atoms with Crippen LogP contribution in [0.15, 0.2) is 53.1 Å². The second kappa shape index (κ2) is 7.05. The van der Waals surface area contributed by atoms with Crippen LogP contribution in [0.3, 0.4) is 0 Å². The summed E-state index contributed by atoms with van der Waals surface area (Å²) in [6.45, 7) is 3.54. The molecule has 0 aliphatic carbocycles. The lowest BCUT2D eigenvalue weighted by atomic mass is 10.1. The van der Waals surface area contributed by atoms with Gasteiger partial charge in [-0.1, -0.05) is 6.07 Å². The van der Waals surface area contributed by atoms with Crippen LogP contribution in [-0.4, -0.2) is 32.2 Å². The zero-order chi connectivity index (χ0) is 17.9. The van der Waals surface area contributed by atoms with Crippen molar-refractivity contribution in [3.05, 3.63) is 54.5 Å². The zero-order valence-electron chi connectivity index (χ0n) is 14.1. The third kappa shape index (κ3) is 3.48. The number of nitrogens with one attached hydrogen (secondary N) is 3. The van der Waals surface area contributed by atoms with Gasteiger partial charge in [0.1, 0.15) is 5.82 Å². The largest absolute Gasteiger partial charge is 0.462 e. The Hall–Kier alpha value is -3.06. The lowest BCUT2D eigenvalue weighted by molar-refractivity contribution is 0.262. The third-order valence-corrected chi connectivity index (χ3v) is 4.33. The van der Waals surface area contributed by atoms with E-state index in [9.17, 15) is 9.18 Å². The predicted molar refractivity (Wildman–Crippen MR) is 100 cm³/mol. The molecule has 0 bridgehead atoms. The average Bonchev–Trinajstić information content (AvgIpc) is 3.10. The maximum Gasteiger partial charge on any atom is 0.323 e. The highest BCUT2D eigenvalue weighted by molar-refractivity contribution is 6.02. The lowest BCUT2D eigenvalue weighted by Gasteiger charge is -2.29. The maximum atomic E-state index is 13.2. The number of halogens is 1. The Morgan fingerprint density at radius 1 is 1.08 bits per heavy atom. The van der Waals surface area contributed by atoms with Gasteiger partial charge in [-0.2, -0.15) is 0 Å². The molecular formula is C19H19FN4O2. The number of urea groups is 1. The Kier molecular flexibility index (Phi) is 4.45. The van der Waals surface area contributed by atoms with Crippen molar-refractivity contribution in [3.63, 3.8) is 0 Å². The van der Waals surface area contributed by atoms with Crippen molar-refractivity contribution in [1.82, 2.24) is 5.32 Å². The van der Waals surface area contributed by atoms with E-state index >= 15 is 0 Å². The summed E-state index contributed by atoms with van der Waals surface area (Å²) < 4.78 is 18.9. The first-order valence-corrected chi connectivity index (χ1v) is 8.49. The molecule has 134 valence electrons. The molecule has 0 atom stereocenters. The van der Waals surface area contributed by atoms with Gasteiger partial charge < -0.3 is 25.3 Å². The van der Waals surface area contributed by atoms with Gasteiger partial charge in [0.05, 0.1) is 12.0 Å². The lowest BCUT2D eigenvalue weighted by Crippen LogP contribution is -2.43. The van der Waals surface area contributed by atoms with E-state index < -0.39 is 11.8 Å². The van der Waals surface area contributed by atoms with Crippen molar-refractivity contribution in [2.45, 2.75) is 0 Å². The monoisotopic (exact) mass is 354 g/mol. The molecule has 7 heteroatoms. The molecule has 1 aliphatic rings. The van der Waals surface area contributed by atoms with Gasteiger partial charge in [-0.3, -0.25) is 0 Å². The van der Waals surface area contributed by atoms with E-state index in [1.165, 1.54) is 12.1 Å². The van der Waals surface area contributed by atoms with Crippen LogP contribution in [0.4, 0.5) is 26.2 Å². The first-order chi connectivity index (χ1) is 12.7. The predicted octanol–water partition coefficient (Wildman–Crippen LogP) is 3.63. The van der Waals surface area contributed by atoms with Crippen molar-refractivity contribution >= 4 is 34.1 Å². The minimum absolute atomic E-state index is 0.397. The highest BCUT2D eigenvalue weighted by Crippen LogP contribution is 2.32. The van der Waals surface area contributed by atoms with Gasteiger partial charge in [-0.05, 0) is 36.4 Å². The molecular weight excluding hydrogens is 335 g/mol. The van der Waals surface area contributed by atoms with Crippen LogP contribution >= 0.6 is 0 Å². The second-order valence-electron chi connectivity index (χ2n) is 6.16. The van der Waals surface area contributed by atoms with Crippen LogP contribution in [0.25, 0.3) is 11.0 Å². The number of hydrogen-bond acceptors (Lipinski definition) is 4. The fourth-order valence-electron chi connectivity index (χ4n) is 3.14. The van der Waals surface area contributed by atoms with Gasteiger partial charge >= 0.3 is 6.03 Å².